The maximum Gasteiger partial charge on any atom is 0.164 e. The molecule has 2 aromatic rings. The summed E-state index contributed by atoms with van der Waals surface area (Å²) in [6.07, 6.45) is 6.41. The highest BCUT2D eigenvalue weighted by molar-refractivity contribution is 5.98. The molecule has 1 heterocycles. The Morgan fingerprint density at radius 2 is 1.75 bits per heavy atom. The minimum atomic E-state index is 0.314. The quantitative estimate of drug-likeness (QED) is 0.769. The second-order valence-corrected chi connectivity index (χ2v) is 6.06. The Morgan fingerprint density at radius 1 is 0.950 bits per heavy atom. The van der Waals surface area contributed by atoms with Crippen LogP contribution in [0.5, 0.6) is 0 Å². The van der Waals surface area contributed by atoms with E-state index in [-0.39, 0.29) is 0 Å². The highest BCUT2D eigenvalue weighted by Gasteiger charge is 2.23. The lowest BCUT2D eigenvalue weighted by molar-refractivity contribution is 0.0972. The minimum Gasteiger partial charge on any atom is -0.317 e. The van der Waals surface area contributed by atoms with Crippen LogP contribution in [0.4, 0.5) is 0 Å². The first kappa shape index (κ1) is 12.0. The molecule has 0 spiro atoms. The summed E-state index contributed by atoms with van der Waals surface area (Å²) >= 11 is 0. The van der Waals surface area contributed by atoms with E-state index in [0.717, 1.165) is 18.4 Å². The van der Waals surface area contributed by atoms with Crippen molar-refractivity contribution in [3.63, 3.8) is 0 Å². The van der Waals surface area contributed by atoms with Gasteiger partial charge in [0.2, 0.25) is 0 Å². The largest absolute Gasteiger partial charge is 0.317 e. The number of benzene rings is 1. The van der Waals surface area contributed by atoms with Gasteiger partial charge in [0.05, 0.1) is 0 Å². The van der Waals surface area contributed by atoms with Crippen molar-refractivity contribution in [1.82, 2.24) is 4.57 Å². The van der Waals surface area contributed by atoms with Crippen molar-refractivity contribution in [1.29, 1.82) is 0 Å². The fourth-order valence-electron chi connectivity index (χ4n) is 3.79. The van der Waals surface area contributed by atoms with Crippen molar-refractivity contribution in [3.8, 4) is 5.69 Å². The Hall–Kier alpha value is -1.83. The standard InChI is InChI=1S/C18H19NO/c1-12-10-16-17(6-3-7-18(16)20)19(12)15-9-8-13-4-2-5-14(13)11-15/h8-11H,2-7H2,1H3. The lowest BCUT2D eigenvalue weighted by atomic mass is 9.96. The molecule has 0 aliphatic heterocycles. The second-order valence-electron chi connectivity index (χ2n) is 6.06. The lowest BCUT2D eigenvalue weighted by Crippen LogP contribution is -2.12. The summed E-state index contributed by atoms with van der Waals surface area (Å²) in [4.78, 5) is 12.1. The monoisotopic (exact) mass is 265 g/mol. The van der Waals surface area contributed by atoms with Crippen LogP contribution in [0.1, 0.15) is 52.1 Å². The van der Waals surface area contributed by atoms with Crippen LogP contribution in [-0.2, 0) is 19.3 Å². The number of hydrogen-bond acceptors (Lipinski definition) is 1. The van der Waals surface area contributed by atoms with Gasteiger partial charge in [-0.3, -0.25) is 4.79 Å². The van der Waals surface area contributed by atoms with Gasteiger partial charge in [-0.25, -0.2) is 0 Å². The molecule has 0 atom stereocenters. The van der Waals surface area contributed by atoms with E-state index in [0.29, 0.717) is 12.2 Å². The van der Waals surface area contributed by atoms with Gasteiger partial charge in [-0.15, -0.1) is 0 Å². The molecule has 0 saturated carbocycles. The van der Waals surface area contributed by atoms with Gasteiger partial charge in [0, 0.05) is 29.1 Å². The number of aryl methyl sites for hydroxylation is 3. The summed E-state index contributed by atoms with van der Waals surface area (Å²) in [5.41, 5.74) is 7.59. The summed E-state index contributed by atoms with van der Waals surface area (Å²) in [6.45, 7) is 2.11. The SMILES string of the molecule is Cc1cc2c(n1-c1ccc3c(c1)CCC3)CCCC2=O. The fraction of sp³-hybridized carbons (Fsp3) is 0.389. The van der Waals surface area contributed by atoms with Crippen LogP contribution in [-0.4, -0.2) is 10.4 Å². The van der Waals surface area contributed by atoms with Gasteiger partial charge in [-0.05, 0) is 68.4 Å². The smallest absolute Gasteiger partial charge is 0.164 e. The maximum absolute atomic E-state index is 12.1. The summed E-state index contributed by atoms with van der Waals surface area (Å²) < 4.78 is 2.30. The molecule has 2 aliphatic carbocycles. The molecular formula is C18H19NO. The summed E-state index contributed by atoms with van der Waals surface area (Å²) in [6, 6.07) is 8.89. The Kier molecular flexibility index (Phi) is 2.59. The van der Waals surface area contributed by atoms with E-state index in [2.05, 4.69) is 35.8 Å². The predicted molar refractivity (Wildman–Crippen MR) is 79.8 cm³/mol. The number of Topliss-reactive ketones (excluding diaryl/α,β-unsaturated/α-hetero) is 1. The van der Waals surface area contributed by atoms with Gasteiger partial charge < -0.3 is 4.57 Å². The zero-order chi connectivity index (χ0) is 13.7. The number of hydrogen-bond donors (Lipinski definition) is 0. The zero-order valence-corrected chi connectivity index (χ0v) is 11.9. The molecule has 0 unspecified atom stereocenters. The second kappa shape index (κ2) is 4.34. The zero-order valence-electron chi connectivity index (χ0n) is 11.9. The van der Waals surface area contributed by atoms with Crippen LogP contribution < -0.4 is 0 Å². The number of fused-ring (bicyclic) bond motifs is 2. The van der Waals surface area contributed by atoms with E-state index in [1.54, 1.807) is 0 Å². The Morgan fingerprint density at radius 3 is 2.65 bits per heavy atom. The fourth-order valence-corrected chi connectivity index (χ4v) is 3.79. The molecule has 0 saturated heterocycles. The molecular weight excluding hydrogens is 246 g/mol. The number of nitrogens with zero attached hydrogens (tertiary/aromatic N) is 1. The van der Waals surface area contributed by atoms with Gasteiger partial charge in [0.25, 0.3) is 0 Å². The van der Waals surface area contributed by atoms with E-state index in [4.69, 9.17) is 0 Å². The van der Waals surface area contributed by atoms with Crippen LogP contribution >= 0.6 is 0 Å². The number of aromatic nitrogens is 1. The third-order valence-electron chi connectivity index (χ3n) is 4.74. The molecule has 0 N–H and O–H groups in total. The predicted octanol–water partition coefficient (Wildman–Crippen LogP) is 3.79. The van der Waals surface area contributed by atoms with Crippen LogP contribution in [0.25, 0.3) is 5.69 Å². The third kappa shape index (κ3) is 1.67. The van der Waals surface area contributed by atoms with E-state index < -0.39 is 0 Å². The molecule has 4 rings (SSSR count). The first-order valence-electron chi connectivity index (χ1n) is 7.60. The normalized spacial score (nSPS) is 17.1. The average molecular weight is 265 g/mol. The van der Waals surface area contributed by atoms with Crippen molar-refractivity contribution in [2.75, 3.05) is 0 Å². The first-order valence-corrected chi connectivity index (χ1v) is 7.60. The Balaban J connectivity index is 1.88. The molecule has 0 amide bonds. The highest BCUT2D eigenvalue weighted by atomic mass is 16.1. The topological polar surface area (TPSA) is 22.0 Å². The molecule has 0 bridgehead atoms. The summed E-state index contributed by atoms with van der Waals surface area (Å²) in [5, 5.41) is 0. The first-order chi connectivity index (χ1) is 9.74. The van der Waals surface area contributed by atoms with Gasteiger partial charge in [0.15, 0.2) is 5.78 Å². The minimum absolute atomic E-state index is 0.314. The Labute approximate surface area is 119 Å². The molecule has 2 heteroatoms. The molecule has 2 aliphatic rings. The molecule has 2 nitrogen and oxygen atoms in total. The maximum atomic E-state index is 12.1. The summed E-state index contributed by atoms with van der Waals surface area (Å²) in [5.74, 6) is 0.314. The lowest BCUT2D eigenvalue weighted by Gasteiger charge is -2.17. The number of rotatable bonds is 1. The molecule has 1 aromatic carbocycles. The van der Waals surface area contributed by atoms with E-state index >= 15 is 0 Å². The molecule has 1 aromatic heterocycles. The number of carbonyl (C=O) groups is 1. The van der Waals surface area contributed by atoms with Crippen LogP contribution in [0.2, 0.25) is 0 Å². The molecule has 20 heavy (non-hydrogen) atoms. The average Bonchev–Trinajstić information content (AvgIpc) is 3.02. The van der Waals surface area contributed by atoms with Gasteiger partial charge in [-0.2, -0.15) is 0 Å². The van der Waals surface area contributed by atoms with Gasteiger partial charge in [0.1, 0.15) is 0 Å². The number of ketones is 1. The Bertz CT molecular complexity index is 708. The van der Waals surface area contributed by atoms with Crippen LogP contribution in [0, 0.1) is 6.92 Å². The van der Waals surface area contributed by atoms with Crippen molar-refractivity contribution >= 4 is 5.78 Å². The van der Waals surface area contributed by atoms with Crippen molar-refractivity contribution in [2.24, 2.45) is 0 Å². The van der Waals surface area contributed by atoms with Gasteiger partial charge >= 0.3 is 0 Å². The number of carbonyl (C=O) groups excluding carboxylic acids is 1. The van der Waals surface area contributed by atoms with E-state index in [1.165, 1.54) is 47.5 Å². The van der Waals surface area contributed by atoms with E-state index in [9.17, 15) is 4.79 Å². The van der Waals surface area contributed by atoms with Crippen molar-refractivity contribution < 1.29 is 4.79 Å². The van der Waals surface area contributed by atoms with Crippen LogP contribution in [0.3, 0.4) is 0 Å². The molecule has 0 fully saturated rings. The van der Waals surface area contributed by atoms with Gasteiger partial charge in [-0.1, -0.05) is 6.07 Å². The van der Waals surface area contributed by atoms with Crippen LogP contribution in [0.15, 0.2) is 24.3 Å². The van der Waals surface area contributed by atoms with Crippen molar-refractivity contribution in [2.45, 2.75) is 45.4 Å². The molecule has 0 radical (unpaired) electrons. The summed E-state index contributed by atoms with van der Waals surface area (Å²) in [7, 11) is 0. The highest BCUT2D eigenvalue weighted by Crippen LogP contribution is 2.30. The van der Waals surface area contributed by atoms with Crippen molar-refractivity contribution in [3.05, 3.63) is 52.3 Å². The third-order valence-corrected chi connectivity index (χ3v) is 4.74. The molecule has 102 valence electrons. The van der Waals surface area contributed by atoms with E-state index in [1.807, 2.05) is 0 Å².